The van der Waals surface area contributed by atoms with E-state index in [1.807, 2.05) is 29.8 Å². The molecule has 0 atom stereocenters. The Morgan fingerprint density at radius 1 is 1.28 bits per heavy atom. The van der Waals surface area contributed by atoms with Crippen molar-refractivity contribution in [3.8, 4) is 17.0 Å². The molecule has 2 rings (SSSR count). The molecule has 0 unspecified atom stereocenters. The van der Waals surface area contributed by atoms with Crippen molar-refractivity contribution in [3.63, 3.8) is 0 Å². The summed E-state index contributed by atoms with van der Waals surface area (Å²) in [6.45, 7) is 8.15. The highest BCUT2D eigenvalue weighted by molar-refractivity contribution is 5.70. The van der Waals surface area contributed by atoms with Crippen LogP contribution in [0, 0.1) is 6.92 Å². The minimum atomic E-state index is 0.249. The van der Waals surface area contributed by atoms with Crippen LogP contribution in [0.15, 0.2) is 24.3 Å². The van der Waals surface area contributed by atoms with E-state index < -0.39 is 0 Å². The number of hydrogen-bond donors (Lipinski definition) is 1. The molecule has 0 amide bonds. The van der Waals surface area contributed by atoms with Crippen molar-refractivity contribution in [2.45, 2.75) is 40.2 Å². The molecule has 0 bridgehead atoms. The molecule has 0 saturated carbocycles. The number of aromatic hydroxyl groups is 1. The number of aryl methyl sites for hydroxylation is 1. The summed E-state index contributed by atoms with van der Waals surface area (Å²) in [5.74, 6) is 0.296. The summed E-state index contributed by atoms with van der Waals surface area (Å²) < 4.78 is 1.87. The quantitative estimate of drug-likeness (QED) is 0.893. The Hall–Kier alpha value is -1.77. The minimum Gasteiger partial charge on any atom is -0.504 e. The van der Waals surface area contributed by atoms with E-state index in [1.54, 1.807) is 0 Å². The van der Waals surface area contributed by atoms with Gasteiger partial charge >= 0.3 is 0 Å². The molecule has 0 saturated heterocycles. The van der Waals surface area contributed by atoms with E-state index in [-0.39, 0.29) is 6.04 Å². The molecular formula is C15H20N2O. The van der Waals surface area contributed by atoms with Gasteiger partial charge in [0.25, 0.3) is 0 Å². The standard InChI is InChI=1S/C15H20N2O/c1-5-12-8-6-7-9-13(12)14-15(18)11(4)17(16-14)10(2)3/h6-10,18H,5H2,1-4H3. The second-order valence-electron chi connectivity index (χ2n) is 4.83. The van der Waals surface area contributed by atoms with Gasteiger partial charge in [0.2, 0.25) is 0 Å². The predicted molar refractivity (Wildman–Crippen MR) is 73.8 cm³/mol. The first kappa shape index (κ1) is 12.7. The van der Waals surface area contributed by atoms with Crippen molar-refractivity contribution >= 4 is 0 Å². The molecule has 3 nitrogen and oxygen atoms in total. The first-order chi connectivity index (χ1) is 8.56. The summed E-state index contributed by atoms with van der Waals surface area (Å²) >= 11 is 0. The Morgan fingerprint density at radius 2 is 1.94 bits per heavy atom. The van der Waals surface area contributed by atoms with Crippen LogP contribution in [-0.2, 0) is 6.42 Å². The maximum Gasteiger partial charge on any atom is 0.164 e. The van der Waals surface area contributed by atoms with Gasteiger partial charge in [0.1, 0.15) is 5.69 Å². The maximum atomic E-state index is 10.3. The molecule has 1 aromatic heterocycles. The van der Waals surface area contributed by atoms with Crippen molar-refractivity contribution in [2.24, 2.45) is 0 Å². The van der Waals surface area contributed by atoms with Crippen molar-refractivity contribution in [3.05, 3.63) is 35.5 Å². The summed E-state index contributed by atoms with van der Waals surface area (Å²) in [5, 5.41) is 14.8. The van der Waals surface area contributed by atoms with Crippen LogP contribution in [0.25, 0.3) is 11.3 Å². The lowest BCUT2D eigenvalue weighted by Gasteiger charge is -2.07. The van der Waals surface area contributed by atoms with Gasteiger partial charge in [-0.2, -0.15) is 5.10 Å². The zero-order valence-corrected chi connectivity index (χ0v) is 11.4. The first-order valence-corrected chi connectivity index (χ1v) is 6.42. The highest BCUT2D eigenvalue weighted by Crippen LogP contribution is 2.34. The zero-order chi connectivity index (χ0) is 13.3. The lowest BCUT2D eigenvalue weighted by atomic mass is 10.0. The summed E-state index contributed by atoms with van der Waals surface area (Å²) in [6, 6.07) is 8.35. The summed E-state index contributed by atoms with van der Waals surface area (Å²) in [7, 11) is 0. The Kier molecular flexibility index (Phi) is 3.41. The van der Waals surface area contributed by atoms with E-state index in [0.29, 0.717) is 11.4 Å². The van der Waals surface area contributed by atoms with Gasteiger partial charge in [0.15, 0.2) is 5.75 Å². The zero-order valence-electron chi connectivity index (χ0n) is 11.4. The number of rotatable bonds is 3. The lowest BCUT2D eigenvalue weighted by molar-refractivity contribution is 0.461. The van der Waals surface area contributed by atoms with Gasteiger partial charge in [-0.05, 0) is 32.8 Å². The fraction of sp³-hybridized carbons (Fsp3) is 0.400. The third kappa shape index (κ3) is 2.01. The van der Waals surface area contributed by atoms with Crippen LogP contribution < -0.4 is 0 Å². The van der Waals surface area contributed by atoms with Crippen molar-refractivity contribution in [1.29, 1.82) is 0 Å². The van der Waals surface area contributed by atoms with Crippen molar-refractivity contribution in [2.75, 3.05) is 0 Å². The molecule has 0 radical (unpaired) electrons. The molecule has 0 fully saturated rings. The van der Waals surface area contributed by atoms with E-state index in [1.165, 1.54) is 5.56 Å². The fourth-order valence-corrected chi connectivity index (χ4v) is 2.25. The highest BCUT2D eigenvalue weighted by Gasteiger charge is 2.18. The molecule has 0 aliphatic rings. The van der Waals surface area contributed by atoms with Crippen molar-refractivity contribution < 1.29 is 5.11 Å². The third-order valence-electron chi connectivity index (χ3n) is 3.26. The Balaban J connectivity index is 2.61. The topological polar surface area (TPSA) is 38.0 Å². The molecule has 1 aromatic carbocycles. The minimum absolute atomic E-state index is 0.249. The van der Waals surface area contributed by atoms with Gasteiger partial charge < -0.3 is 5.11 Å². The molecule has 96 valence electrons. The van der Waals surface area contributed by atoms with Crippen LogP contribution in [0.5, 0.6) is 5.75 Å². The smallest absolute Gasteiger partial charge is 0.164 e. The van der Waals surface area contributed by atoms with Crippen LogP contribution in [0.2, 0.25) is 0 Å². The molecule has 0 spiro atoms. The Bertz CT molecular complexity index is 556. The van der Waals surface area contributed by atoms with E-state index in [2.05, 4.69) is 31.9 Å². The lowest BCUT2D eigenvalue weighted by Crippen LogP contribution is -2.04. The molecule has 18 heavy (non-hydrogen) atoms. The van der Waals surface area contributed by atoms with Crippen LogP contribution in [-0.4, -0.2) is 14.9 Å². The van der Waals surface area contributed by atoms with Gasteiger partial charge in [0, 0.05) is 11.6 Å². The number of nitrogens with zero attached hydrogens (tertiary/aromatic N) is 2. The van der Waals surface area contributed by atoms with E-state index in [9.17, 15) is 5.11 Å². The number of aromatic nitrogens is 2. The summed E-state index contributed by atoms with van der Waals surface area (Å²) in [6.07, 6.45) is 0.934. The SMILES string of the molecule is CCc1ccccc1-c1nn(C(C)C)c(C)c1O. The van der Waals surface area contributed by atoms with Gasteiger partial charge in [-0.25, -0.2) is 0 Å². The summed E-state index contributed by atoms with van der Waals surface area (Å²) in [4.78, 5) is 0. The fourth-order valence-electron chi connectivity index (χ4n) is 2.25. The molecular weight excluding hydrogens is 224 g/mol. The molecule has 3 heteroatoms. The Labute approximate surface area is 108 Å². The normalized spacial score (nSPS) is 11.2. The van der Waals surface area contributed by atoms with E-state index >= 15 is 0 Å². The molecule has 0 aliphatic heterocycles. The number of benzene rings is 1. The van der Waals surface area contributed by atoms with Gasteiger partial charge in [-0.15, -0.1) is 0 Å². The Morgan fingerprint density at radius 3 is 2.50 bits per heavy atom. The average Bonchev–Trinajstić information content (AvgIpc) is 2.66. The van der Waals surface area contributed by atoms with Crippen LogP contribution in [0.3, 0.4) is 0 Å². The monoisotopic (exact) mass is 244 g/mol. The average molecular weight is 244 g/mol. The number of hydrogen-bond acceptors (Lipinski definition) is 2. The molecule has 1 heterocycles. The van der Waals surface area contributed by atoms with Gasteiger partial charge in [0.05, 0.1) is 5.69 Å². The highest BCUT2D eigenvalue weighted by atomic mass is 16.3. The molecule has 0 aliphatic carbocycles. The van der Waals surface area contributed by atoms with Crippen molar-refractivity contribution in [1.82, 2.24) is 9.78 Å². The van der Waals surface area contributed by atoms with Gasteiger partial charge in [-0.3, -0.25) is 4.68 Å². The largest absolute Gasteiger partial charge is 0.504 e. The molecule has 2 aromatic rings. The van der Waals surface area contributed by atoms with Crippen LogP contribution in [0.1, 0.15) is 38.1 Å². The van der Waals surface area contributed by atoms with Crippen LogP contribution in [0.4, 0.5) is 0 Å². The van der Waals surface area contributed by atoms with E-state index in [0.717, 1.165) is 17.7 Å². The van der Waals surface area contributed by atoms with Crippen LogP contribution >= 0.6 is 0 Å². The third-order valence-corrected chi connectivity index (χ3v) is 3.26. The first-order valence-electron chi connectivity index (χ1n) is 6.42. The summed E-state index contributed by atoms with van der Waals surface area (Å²) in [5.41, 5.74) is 3.76. The second-order valence-corrected chi connectivity index (χ2v) is 4.83. The van der Waals surface area contributed by atoms with Gasteiger partial charge in [-0.1, -0.05) is 31.2 Å². The molecule has 1 N–H and O–H groups in total. The maximum absolute atomic E-state index is 10.3. The van der Waals surface area contributed by atoms with E-state index in [4.69, 9.17) is 0 Å². The predicted octanol–water partition coefficient (Wildman–Crippen LogP) is 3.71. The second kappa shape index (κ2) is 4.84.